The van der Waals surface area contributed by atoms with Gasteiger partial charge >= 0.3 is 0 Å². The fourth-order valence-electron chi connectivity index (χ4n) is 2.27. The zero-order chi connectivity index (χ0) is 17.0. The summed E-state index contributed by atoms with van der Waals surface area (Å²) in [5, 5.41) is 0. The molecule has 2 aromatic rings. The molecule has 1 heterocycles. The van der Waals surface area contributed by atoms with E-state index >= 15 is 0 Å². The van der Waals surface area contributed by atoms with Crippen molar-refractivity contribution in [1.29, 1.82) is 0 Å². The van der Waals surface area contributed by atoms with Crippen LogP contribution in [0.15, 0.2) is 52.3 Å². The third-order valence-electron chi connectivity index (χ3n) is 3.29. The number of benzene rings is 1. The van der Waals surface area contributed by atoms with E-state index in [1.165, 1.54) is 0 Å². The molecule has 0 aliphatic carbocycles. The van der Waals surface area contributed by atoms with E-state index in [9.17, 15) is 13.6 Å². The zero-order valence-electron chi connectivity index (χ0n) is 12.6. The van der Waals surface area contributed by atoms with Crippen LogP contribution in [-0.2, 0) is 6.54 Å². The van der Waals surface area contributed by atoms with E-state index < -0.39 is 18.5 Å². The molecule has 0 fully saturated rings. The van der Waals surface area contributed by atoms with E-state index in [1.807, 2.05) is 6.92 Å². The lowest BCUT2D eigenvalue weighted by Gasteiger charge is -2.16. The minimum Gasteiger partial charge on any atom is -0.490 e. The standard InChI is InChI=1S/C17H16BrF2NO2/c1-3-8-23-12-4-5-13(11(2)9-12)15-7-6-14(18)17(22)21(15)10-16(19)20/h3-7,9,16H,1,8,10H2,2H3. The number of aryl methyl sites for hydroxylation is 1. The van der Waals surface area contributed by atoms with Gasteiger partial charge in [0.2, 0.25) is 0 Å². The molecule has 1 aromatic heterocycles. The van der Waals surface area contributed by atoms with Gasteiger partial charge in [0.1, 0.15) is 12.4 Å². The van der Waals surface area contributed by atoms with Gasteiger partial charge in [-0.1, -0.05) is 12.7 Å². The minimum atomic E-state index is -2.61. The van der Waals surface area contributed by atoms with E-state index in [1.54, 1.807) is 36.4 Å². The maximum Gasteiger partial charge on any atom is 0.265 e. The normalized spacial score (nSPS) is 10.8. The Morgan fingerprint density at radius 1 is 1.35 bits per heavy atom. The molecule has 0 N–H and O–H groups in total. The Labute approximate surface area is 141 Å². The number of ether oxygens (including phenoxy) is 1. The molecule has 0 radical (unpaired) electrons. The van der Waals surface area contributed by atoms with Crippen LogP contribution < -0.4 is 10.3 Å². The maximum atomic E-state index is 12.8. The summed E-state index contributed by atoms with van der Waals surface area (Å²) in [6.45, 7) is 5.16. The van der Waals surface area contributed by atoms with Gasteiger partial charge in [0, 0.05) is 5.56 Å². The Hall–Kier alpha value is -1.95. The molecule has 0 saturated heterocycles. The highest BCUT2D eigenvalue weighted by atomic mass is 79.9. The lowest BCUT2D eigenvalue weighted by atomic mass is 10.0. The molecule has 0 aliphatic rings. The largest absolute Gasteiger partial charge is 0.490 e. The number of pyridine rings is 1. The highest BCUT2D eigenvalue weighted by Gasteiger charge is 2.15. The molecule has 0 bridgehead atoms. The molecule has 3 nitrogen and oxygen atoms in total. The topological polar surface area (TPSA) is 31.2 Å². The van der Waals surface area contributed by atoms with Crippen molar-refractivity contribution < 1.29 is 13.5 Å². The molecule has 6 heteroatoms. The third kappa shape index (κ3) is 4.07. The summed E-state index contributed by atoms with van der Waals surface area (Å²) >= 11 is 3.09. The van der Waals surface area contributed by atoms with E-state index in [0.717, 1.165) is 10.1 Å². The zero-order valence-corrected chi connectivity index (χ0v) is 14.1. The third-order valence-corrected chi connectivity index (χ3v) is 3.89. The number of rotatable bonds is 6. The van der Waals surface area contributed by atoms with E-state index in [2.05, 4.69) is 22.5 Å². The van der Waals surface area contributed by atoms with Gasteiger partial charge < -0.3 is 9.30 Å². The van der Waals surface area contributed by atoms with Crippen molar-refractivity contribution in [3.63, 3.8) is 0 Å². The Bertz CT molecular complexity index is 772. The van der Waals surface area contributed by atoms with Gasteiger partial charge in [0.15, 0.2) is 0 Å². The van der Waals surface area contributed by atoms with Crippen molar-refractivity contribution in [3.8, 4) is 17.0 Å². The number of halogens is 3. The van der Waals surface area contributed by atoms with Gasteiger partial charge in [0.05, 0.1) is 16.7 Å². The van der Waals surface area contributed by atoms with E-state index in [-0.39, 0.29) is 4.47 Å². The predicted molar refractivity (Wildman–Crippen MR) is 90.3 cm³/mol. The fourth-order valence-corrected chi connectivity index (χ4v) is 2.62. The number of hydrogen-bond acceptors (Lipinski definition) is 2. The van der Waals surface area contributed by atoms with Crippen LogP contribution in [0.1, 0.15) is 5.56 Å². The van der Waals surface area contributed by atoms with Crippen LogP contribution in [0.25, 0.3) is 11.3 Å². The molecule has 23 heavy (non-hydrogen) atoms. The van der Waals surface area contributed by atoms with E-state index in [4.69, 9.17) is 4.74 Å². The van der Waals surface area contributed by atoms with Gasteiger partial charge in [0.25, 0.3) is 12.0 Å². The number of alkyl halides is 2. The van der Waals surface area contributed by atoms with Gasteiger partial charge in [-0.15, -0.1) is 0 Å². The van der Waals surface area contributed by atoms with Crippen molar-refractivity contribution in [2.45, 2.75) is 19.9 Å². The summed E-state index contributed by atoms with van der Waals surface area (Å²) in [6.07, 6.45) is -0.977. The highest BCUT2D eigenvalue weighted by Crippen LogP contribution is 2.27. The summed E-state index contributed by atoms with van der Waals surface area (Å²) in [5.74, 6) is 0.658. The van der Waals surface area contributed by atoms with Crippen LogP contribution in [0, 0.1) is 6.92 Å². The minimum absolute atomic E-state index is 0.255. The van der Waals surface area contributed by atoms with Crippen LogP contribution in [0.2, 0.25) is 0 Å². The van der Waals surface area contributed by atoms with Crippen LogP contribution in [-0.4, -0.2) is 17.6 Å². The number of nitrogens with zero attached hydrogens (tertiary/aromatic N) is 1. The second-order valence-electron chi connectivity index (χ2n) is 4.95. The Morgan fingerprint density at radius 2 is 2.09 bits per heavy atom. The van der Waals surface area contributed by atoms with Crippen LogP contribution >= 0.6 is 15.9 Å². The maximum absolute atomic E-state index is 12.8. The van der Waals surface area contributed by atoms with Crippen LogP contribution in [0.4, 0.5) is 8.78 Å². The first-order valence-corrected chi connectivity index (χ1v) is 7.75. The lowest BCUT2D eigenvalue weighted by molar-refractivity contribution is 0.126. The quantitative estimate of drug-likeness (QED) is 0.691. The summed E-state index contributed by atoms with van der Waals surface area (Å²) in [4.78, 5) is 12.2. The molecule has 0 amide bonds. The first kappa shape index (κ1) is 17.4. The lowest BCUT2D eigenvalue weighted by Crippen LogP contribution is -2.25. The fraction of sp³-hybridized carbons (Fsp3) is 0.235. The summed E-state index contributed by atoms with van der Waals surface area (Å²) in [5.41, 5.74) is 1.51. The summed E-state index contributed by atoms with van der Waals surface area (Å²) in [6, 6.07) is 8.53. The Morgan fingerprint density at radius 3 is 2.70 bits per heavy atom. The molecular formula is C17H16BrF2NO2. The summed E-state index contributed by atoms with van der Waals surface area (Å²) < 4.78 is 32.4. The molecule has 0 saturated carbocycles. The van der Waals surface area contributed by atoms with Crippen molar-refractivity contribution in [2.75, 3.05) is 6.61 Å². The van der Waals surface area contributed by atoms with Crippen LogP contribution in [0.5, 0.6) is 5.75 Å². The SMILES string of the molecule is C=CCOc1ccc(-c2ccc(Br)c(=O)n2CC(F)F)c(C)c1. The predicted octanol–water partition coefficient (Wildman–Crippen LogP) is 4.42. The monoisotopic (exact) mass is 383 g/mol. The van der Waals surface area contributed by atoms with Crippen molar-refractivity contribution in [3.05, 3.63) is 63.4 Å². The summed E-state index contributed by atoms with van der Waals surface area (Å²) in [7, 11) is 0. The Balaban J connectivity index is 2.51. The molecule has 0 aliphatic heterocycles. The average molecular weight is 384 g/mol. The molecular weight excluding hydrogens is 368 g/mol. The number of hydrogen-bond donors (Lipinski definition) is 0. The number of aromatic nitrogens is 1. The van der Waals surface area contributed by atoms with Gasteiger partial charge in [-0.25, -0.2) is 8.78 Å². The van der Waals surface area contributed by atoms with Crippen molar-refractivity contribution >= 4 is 15.9 Å². The second-order valence-corrected chi connectivity index (χ2v) is 5.80. The van der Waals surface area contributed by atoms with Gasteiger partial charge in [-0.05, 0) is 58.7 Å². The molecule has 2 rings (SSSR count). The van der Waals surface area contributed by atoms with Crippen LogP contribution in [0.3, 0.4) is 0 Å². The van der Waals surface area contributed by atoms with Crippen molar-refractivity contribution in [1.82, 2.24) is 4.57 Å². The highest BCUT2D eigenvalue weighted by molar-refractivity contribution is 9.10. The molecule has 0 unspecified atom stereocenters. The Kier molecular flexibility index (Phi) is 5.71. The van der Waals surface area contributed by atoms with Crippen molar-refractivity contribution in [2.24, 2.45) is 0 Å². The molecule has 122 valence electrons. The average Bonchev–Trinajstić information content (AvgIpc) is 2.50. The first-order valence-electron chi connectivity index (χ1n) is 6.96. The van der Waals surface area contributed by atoms with Gasteiger partial charge in [-0.3, -0.25) is 4.79 Å². The molecule has 0 atom stereocenters. The van der Waals surface area contributed by atoms with E-state index in [0.29, 0.717) is 23.6 Å². The van der Waals surface area contributed by atoms with Gasteiger partial charge in [-0.2, -0.15) is 0 Å². The smallest absolute Gasteiger partial charge is 0.265 e. The molecule has 1 aromatic carbocycles. The molecule has 0 spiro atoms. The second kappa shape index (κ2) is 7.55. The first-order chi connectivity index (χ1) is 10.9.